The summed E-state index contributed by atoms with van der Waals surface area (Å²) in [6.07, 6.45) is 7.64. The SMILES string of the molecule is Cc1nccn1CC[C@H](NC(=O)c1cn[nH]c1)c1ccccc1. The van der Waals surface area contributed by atoms with E-state index in [0.717, 1.165) is 24.4 Å². The lowest BCUT2D eigenvalue weighted by atomic mass is 10.0. The van der Waals surface area contributed by atoms with Gasteiger partial charge in [0.05, 0.1) is 17.8 Å². The third-order valence-corrected chi connectivity index (χ3v) is 3.85. The number of rotatable bonds is 6. The summed E-state index contributed by atoms with van der Waals surface area (Å²) in [7, 11) is 0. The molecule has 6 heteroatoms. The van der Waals surface area contributed by atoms with E-state index in [1.165, 1.54) is 6.20 Å². The largest absolute Gasteiger partial charge is 0.345 e. The van der Waals surface area contributed by atoms with Crippen LogP contribution in [0.1, 0.15) is 34.2 Å². The molecule has 2 aromatic heterocycles. The fourth-order valence-corrected chi connectivity index (χ4v) is 2.53. The lowest BCUT2D eigenvalue weighted by Crippen LogP contribution is -2.29. The number of imidazole rings is 1. The van der Waals surface area contributed by atoms with Gasteiger partial charge in [-0.25, -0.2) is 4.98 Å². The van der Waals surface area contributed by atoms with Crippen LogP contribution in [-0.2, 0) is 6.54 Å². The van der Waals surface area contributed by atoms with Crippen LogP contribution >= 0.6 is 0 Å². The number of aromatic nitrogens is 4. The quantitative estimate of drug-likeness (QED) is 0.734. The number of nitrogens with one attached hydrogen (secondary N) is 2. The maximum atomic E-state index is 12.3. The summed E-state index contributed by atoms with van der Waals surface area (Å²) >= 11 is 0. The Morgan fingerprint density at radius 1 is 1.35 bits per heavy atom. The van der Waals surface area contributed by atoms with Gasteiger partial charge in [0, 0.05) is 25.1 Å². The monoisotopic (exact) mass is 309 g/mol. The van der Waals surface area contributed by atoms with Crippen molar-refractivity contribution in [3.63, 3.8) is 0 Å². The molecule has 0 radical (unpaired) electrons. The number of aryl methyl sites for hydroxylation is 2. The Morgan fingerprint density at radius 2 is 2.17 bits per heavy atom. The number of carbonyl (C=O) groups excluding carboxylic acids is 1. The fraction of sp³-hybridized carbons (Fsp3) is 0.235. The molecule has 0 saturated heterocycles. The van der Waals surface area contributed by atoms with Gasteiger partial charge in [-0.3, -0.25) is 9.89 Å². The van der Waals surface area contributed by atoms with Gasteiger partial charge >= 0.3 is 0 Å². The number of nitrogens with zero attached hydrogens (tertiary/aromatic N) is 3. The van der Waals surface area contributed by atoms with Crippen LogP contribution in [0.5, 0.6) is 0 Å². The summed E-state index contributed by atoms with van der Waals surface area (Å²) in [5, 5.41) is 9.57. The summed E-state index contributed by atoms with van der Waals surface area (Å²) in [6.45, 7) is 2.76. The molecule has 0 unspecified atom stereocenters. The van der Waals surface area contributed by atoms with E-state index in [-0.39, 0.29) is 11.9 Å². The van der Waals surface area contributed by atoms with Crippen LogP contribution in [0.3, 0.4) is 0 Å². The van der Waals surface area contributed by atoms with Crippen molar-refractivity contribution in [3.8, 4) is 0 Å². The van der Waals surface area contributed by atoms with Gasteiger partial charge in [-0.1, -0.05) is 30.3 Å². The van der Waals surface area contributed by atoms with Crippen LogP contribution in [0.25, 0.3) is 0 Å². The average molecular weight is 309 g/mol. The highest BCUT2D eigenvalue weighted by Crippen LogP contribution is 2.18. The molecule has 0 aliphatic carbocycles. The van der Waals surface area contributed by atoms with Gasteiger partial charge in [0.1, 0.15) is 5.82 Å². The average Bonchev–Trinajstić information content (AvgIpc) is 3.24. The first kappa shape index (κ1) is 15.0. The topological polar surface area (TPSA) is 75.6 Å². The normalized spacial score (nSPS) is 12.0. The van der Waals surface area contributed by atoms with E-state index in [1.807, 2.05) is 43.5 Å². The summed E-state index contributed by atoms with van der Waals surface area (Å²) in [5.41, 5.74) is 1.62. The van der Waals surface area contributed by atoms with Crippen molar-refractivity contribution in [2.75, 3.05) is 0 Å². The minimum atomic E-state index is -0.130. The van der Waals surface area contributed by atoms with Crippen LogP contribution < -0.4 is 5.32 Å². The Labute approximate surface area is 134 Å². The number of benzene rings is 1. The number of hydrogen-bond donors (Lipinski definition) is 2. The Morgan fingerprint density at radius 3 is 2.83 bits per heavy atom. The first-order valence-corrected chi connectivity index (χ1v) is 7.56. The first-order chi connectivity index (χ1) is 11.2. The third-order valence-electron chi connectivity index (χ3n) is 3.85. The van der Waals surface area contributed by atoms with Crippen molar-refractivity contribution in [1.29, 1.82) is 0 Å². The van der Waals surface area contributed by atoms with Crippen LogP contribution in [-0.4, -0.2) is 25.7 Å². The van der Waals surface area contributed by atoms with Gasteiger partial charge < -0.3 is 9.88 Å². The minimum absolute atomic E-state index is 0.0691. The van der Waals surface area contributed by atoms with Gasteiger partial charge in [0.15, 0.2) is 0 Å². The summed E-state index contributed by atoms with van der Waals surface area (Å²) < 4.78 is 2.08. The minimum Gasteiger partial charge on any atom is -0.345 e. The maximum absolute atomic E-state index is 12.3. The number of amides is 1. The van der Waals surface area contributed by atoms with E-state index in [1.54, 1.807) is 12.4 Å². The molecule has 1 aromatic carbocycles. The van der Waals surface area contributed by atoms with Crippen LogP contribution in [0.4, 0.5) is 0 Å². The Balaban J connectivity index is 1.74. The molecular formula is C17H19N5O. The van der Waals surface area contributed by atoms with Gasteiger partial charge in [0.25, 0.3) is 5.91 Å². The molecule has 0 aliphatic heterocycles. The highest BCUT2D eigenvalue weighted by Gasteiger charge is 2.16. The van der Waals surface area contributed by atoms with Crippen molar-refractivity contribution in [2.24, 2.45) is 0 Å². The second-order valence-electron chi connectivity index (χ2n) is 5.38. The van der Waals surface area contributed by atoms with Crippen LogP contribution in [0.15, 0.2) is 55.1 Å². The molecule has 1 atom stereocenters. The summed E-state index contributed by atoms with van der Waals surface area (Å²) in [5.74, 6) is 0.841. The maximum Gasteiger partial charge on any atom is 0.254 e. The molecule has 2 N–H and O–H groups in total. The smallest absolute Gasteiger partial charge is 0.254 e. The Bertz CT molecular complexity index is 748. The van der Waals surface area contributed by atoms with Crippen molar-refractivity contribution in [1.82, 2.24) is 25.1 Å². The second-order valence-corrected chi connectivity index (χ2v) is 5.38. The number of H-pyrrole nitrogens is 1. The second kappa shape index (κ2) is 6.91. The predicted octanol–water partition coefficient (Wildman–Crippen LogP) is 2.48. The summed E-state index contributed by atoms with van der Waals surface area (Å²) in [6, 6.07) is 9.92. The Kier molecular flexibility index (Phi) is 4.52. The van der Waals surface area contributed by atoms with Crippen molar-refractivity contribution < 1.29 is 4.79 Å². The van der Waals surface area contributed by atoms with Crippen molar-refractivity contribution in [2.45, 2.75) is 25.9 Å². The molecule has 0 aliphatic rings. The molecular weight excluding hydrogens is 290 g/mol. The van der Waals surface area contributed by atoms with E-state index in [0.29, 0.717) is 5.56 Å². The molecule has 3 aromatic rings. The van der Waals surface area contributed by atoms with Crippen molar-refractivity contribution >= 4 is 5.91 Å². The van der Waals surface area contributed by atoms with Crippen LogP contribution in [0.2, 0.25) is 0 Å². The standard InChI is InChI=1S/C17H19N5O/c1-13-18-8-10-22(13)9-7-16(14-5-3-2-4-6-14)21-17(23)15-11-19-20-12-15/h2-6,8,10-12,16H,7,9H2,1H3,(H,19,20)(H,21,23)/t16-/m0/s1. The summed E-state index contributed by atoms with van der Waals surface area (Å²) in [4.78, 5) is 16.6. The lowest BCUT2D eigenvalue weighted by molar-refractivity contribution is 0.0933. The molecule has 118 valence electrons. The van der Waals surface area contributed by atoms with Gasteiger partial charge in [0.2, 0.25) is 0 Å². The third kappa shape index (κ3) is 3.66. The number of carbonyl (C=O) groups is 1. The zero-order valence-electron chi connectivity index (χ0n) is 12.9. The van der Waals surface area contributed by atoms with E-state index < -0.39 is 0 Å². The highest BCUT2D eigenvalue weighted by molar-refractivity contribution is 5.93. The Hall–Kier alpha value is -2.89. The number of hydrogen-bond acceptors (Lipinski definition) is 3. The molecule has 0 saturated carbocycles. The predicted molar refractivity (Wildman–Crippen MR) is 86.8 cm³/mol. The van der Waals surface area contributed by atoms with Crippen LogP contribution in [0, 0.1) is 6.92 Å². The van der Waals surface area contributed by atoms with Gasteiger partial charge in [-0.2, -0.15) is 5.10 Å². The van der Waals surface area contributed by atoms with Gasteiger partial charge in [-0.15, -0.1) is 0 Å². The molecule has 23 heavy (non-hydrogen) atoms. The van der Waals surface area contributed by atoms with E-state index in [9.17, 15) is 4.79 Å². The molecule has 0 spiro atoms. The molecule has 6 nitrogen and oxygen atoms in total. The fourth-order valence-electron chi connectivity index (χ4n) is 2.53. The van der Waals surface area contributed by atoms with E-state index in [4.69, 9.17) is 0 Å². The lowest BCUT2D eigenvalue weighted by Gasteiger charge is -2.19. The molecule has 1 amide bonds. The first-order valence-electron chi connectivity index (χ1n) is 7.56. The highest BCUT2D eigenvalue weighted by atomic mass is 16.1. The van der Waals surface area contributed by atoms with Gasteiger partial charge in [-0.05, 0) is 18.9 Å². The zero-order valence-corrected chi connectivity index (χ0v) is 12.9. The molecule has 0 fully saturated rings. The zero-order chi connectivity index (χ0) is 16.1. The molecule has 3 rings (SSSR count). The van der Waals surface area contributed by atoms with E-state index >= 15 is 0 Å². The van der Waals surface area contributed by atoms with Crippen molar-refractivity contribution in [3.05, 3.63) is 72.1 Å². The molecule has 0 bridgehead atoms. The number of aromatic amines is 1. The molecule has 2 heterocycles. The van der Waals surface area contributed by atoms with E-state index in [2.05, 4.69) is 25.1 Å².